The summed E-state index contributed by atoms with van der Waals surface area (Å²) in [6.07, 6.45) is 5.09. The third kappa shape index (κ3) is 3.20. The highest BCUT2D eigenvalue weighted by Crippen LogP contribution is 2.44. The Bertz CT molecular complexity index is 1030. The fraction of sp³-hybridized carbons (Fsp3) is 0.364. The number of benzene rings is 1. The van der Waals surface area contributed by atoms with Gasteiger partial charge in [-0.05, 0) is 42.8 Å². The van der Waals surface area contributed by atoms with Crippen LogP contribution in [0, 0.1) is 0 Å². The van der Waals surface area contributed by atoms with Gasteiger partial charge in [0.15, 0.2) is 0 Å². The first-order chi connectivity index (χ1) is 13.7. The number of nitrogens with zero attached hydrogens (tertiary/aromatic N) is 5. The molecule has 6 heteroatoms. The van der Waals surface area contributed by atoms with Crippen LogP contribution in [-0.4, -0.2) is 58.6 Å². The first-order valence-electron chi connectivity index (χ1n) is 9.87. The second kappa shape index (κ2) is 7.26. The van der Waals surface area contributed by atoms with Crippen molar-refractivity contribution in [2.75, 3.05) is 43.9 Å². The van der Waals surface area contributed by atoms with E-state index < -0.39 is 0 Å². The largest absolute Gasteiger partial charge is 0.354 e. The van der Waals surface area contributed by atoms with Crippen LogP contribution < -0.4 is 4.90 Å². The summed E-state index contributed by atoms with van der Waals surface area (Å²) in [6.45, 7) is 4.31. The van der Waals surface area contributed by atoms with Crippen molar-refractivity contribution < 1.29 is 0 Å². The summed E-state index contributed by atoms with van der Waals surface area (Å²) in [6, 6.07) is 11.1. The molecule has 3 aromatic rings. The quantitative estimate of drug-likeness (QED) is 0.680. The lowest BCUT2D eigenvalue weighted by Crippen LogP contribution is -2.44. The van der Waals surface area contributed by atoms with E-state index in [0.717, 1.165) is 44.2 Å². The van der Waals surface area contributed by atoms with Gasteiger partial charge in [-0.25, -0.2) is 4.98 Å². The minimum absolute atomic E-state index is 1.05. The fourth-order valence-corrected chi connectivity index (χ4v) is 5.26. The molecule has 5 nitrogen and oxygen atoms in total. The van der Waals surface area contributed by atoms with Crippen LogP contribution in [0.25, 0.3) is 21.4 Å². The van der Waals surface area contributed by atoms with Crippen molar-refractivity contribution in [1.82, 2.24) is 19.7 Å². The van der Waals surface area contributed by atoms with E-state index >= 15 is 0 Å². The summed E-state index contributed by atoms with van der Waals surface area (Å²) in [5.41, 5.74) is 5.16. The molecule has 144 valence electrons. The maximum absolute atomic E-state index is 4.80. The highest BCUT2D eigenvalue weighted by Gasteiger charge is 2.20. The molecular weight excluding hydrogens is 366 g/mol. The lowest BCUT2D eigenvalue weighted by Gasteiger charge is -2.33. The van der Waals surface area contributed by atoms with E-state index in [4.69, 9.17) is 4.98 Å². The third-order valence-electron chi connectivity index (χ3n) is 5.81. The maximum Gasteiger partial charge on any atom is 0.128 e. The Kier molecular flexibility index (Phi) is 4.61. The number of allylic oxidation sites excluding steroid dienone is 1. The number of hydrogen-bond acceptors (Lipinski definition) is 5. The SMILES string of the molecule is CN1CCN(c2ccc(C3=C(c4ccc5cnn(C)c5c4)CCS3)cn2)CC1. The Morgan fingerprint density at radius 3 is 2.54 bits per heavy atom. The smallest absolute Gasteiger partial charge is 0.128 e. The number of piperazine rings is 1. The fourth-order valence-electron chi connectivity index (χ4n) is 4.06. The number of rotatable bonds is 3. The summed E-state index contributed by atoms with van der Waals surface area (Å²) in [7, 11) is 4.19. The van der Waals surface area contributed by atoms with Crippen molar-refractivity contribution >= 4 is 39.0 Å². The highest BCUT2D eigenvalue weighted by atomic mass is 32.2. The van der Waals surface area contributed by atoms with Crippen molar-refractivity contribution in [2.24, 2.45) is 7.05 Å². The van der Waals surface area contributed by atoms with Crippen LogP contribution >= 0.6 is 11.8 Å². The van der Waals surface area contributed by atoms with Gasteiger partial charge in [-0.1, -0.05) is 12.1 Å². The minimum atomic E-state index is 1.05. The van der Waals surface area contributed by atoms with Gasteiger partial charge in [0, 0.05) is 61.0 Å². The second-order valence-electron chi connectivity index (χ2n) is 7.64. The number of fused-ring (bicyclic) bond motifs is 1. The number of thioether (sulfide) groups is 1. The number of pyridine rings is 1. The van der Waals surface area contributed by atoms with Crippen molar-refractivity contribution in [3.8, 4) is 0 Å². The Balaban J connectivity index is 1.45. The van der Waals surface area contributed by atoms with Gasteiger partial charge < -0.3 is 9.80 Å². The minimum Gasteiger partial charge on any atom is -0.354 e. The highest BCUT2D eigenvalue weighted by molar-refractivity contribution is 8.08. The van der Waals surface area contributed by atoms with E-state index in [-0.39, 0.29) is 0 Å². The normalized spacial score (nSPS) is 18.4. The Labute approximate surface area is 170 Å². The maximum atomic E-state index is 4.80. The van der Waals surface area contributed by atoms with Gasteiger partial charge >= 0.3 is 0 Å². The monoisotopic (exact) mass is 391 g/mol. The van der Waals surface area contributed by atoms with E-state index in [1.807, 2.05) is 29.7 Å². The molecule has 5 rings (SSSR count). The van der Waals surface area contributed by atoms with Gasteiger partial charge in [0.1, 0.15) is 5.82 Å². The van der Waals surface area contributed by atoms with E-state index in [1.54, 1.807) is 0 Å². The van der Waals surface area contributed by atoms with Gasteiger partial charge in [-0.15, -0.1) is 11.8 Å². The number of likely N-dealkylation sites (N-methyl/N-ethyl adjacent to an activating group) is 1. The van der Waals surface area contributed by atoms with Crippen LogP contribution in [-0.2, 0) is 7.05 Å². The van der Waals surface area contributed by atoms with Crippen LogP contribution in [0.1, 0.15) is 17.5 Å². The molecule has 0 radical (unpaired) electrons. The zero-order valence-corrected chi connectivity index (χ0v) is 17.2. The van der Waals surface area contributed by atoms with Crippen molar-refractivity contribution in [3.63, 3.8) is 0 Å². The van der Waals surface area contributed by atoms with E-state index in [0.29, 0.717) is 0 Å². The summed E-state index contributed by atoms with van der Waals surface area (Å²) in [4.78, 5) is 10.9. The summed E-state index contributed by atoms with van der Waals surface area (Å²) >= 11 is 1.95. The molecular formula is C22H25N5S. The first kappa shape index (κ1) is 17.8. The van der Waals surface area contributed by atoms with Gasteiger partial charge in [0.2, 0.25) is 0 Å². The van der Waals surface area contributed by atoms with Crippen LogP contribution in [0.15, 0.2) is 42.7 Å². The van der Waals surface area contributed by atoms with Gasteiger partial charge in [-0.3, -0.25) is 4.68 Å². The molecule has 0 saturated carbocycles. The topological polar surface area (TPSA) is 37.2 Å². The van der Waals surface area contributed by atoms with Gasteiger partial charge in [-0.2, -0.15) is 5.10 Å². The zero-order valence-electron chi connectivity index (χ0n) is 16.4. The zero-order chi connectivity index (χ0) is 19.1. The molecule has 1 saturated heterocycles. The van der Waals surface area contributed by atoms with Crippen LogP contribution in [0.4, 0.5) is 5.82 Å². The number of hydrogen-bond donors (Lipinski definition) is 0. The molecule has 2 aliphatic rings. The molecule has 0 amide bonds. The van der Waals surface area contributed by atoms with E-state index in [1.165, 1.54) is 32.5 Å². The molecule has 0 atom stereocenters. The van der Waals surface area contributed by atoms with Crippen molar-refractivity contribution in [3.05, 3.63) is 53.9 Å². The van der Waals surface area contributed by atoms with Crippen LogP contribution in [0.5, 0.6) is 0 Å². The Hall–Kier alpha value is -2.31. The second-order valence-corrected chi connectivity index (χ2v) is 8.75. The number of aromatic nitrogens is 3. The molecule has 0 unspecified atom stereocenters. The summed E-state index contributed by atoms with van der Waals surface area (Å²) in [5, 5.41) is 5.57. The molecule has 4 heterocycles. The van der Waals surface area contributed by atoms with Crippen molar-refractivity contribution in [1.29, 1.82) is 0 Å². The number of aryl methyl sites for hydroxylation is 1. The molecule has 0 spiro atoms. The van der Waals surface area contributed by atoms with E-state index in [9.17, 15) is 0 Å². The lowest BCUT2D eigenvalue weighted by molar-refractivity contribution is 0.312. The predicted octanol–water partition coefficient (Wildman–Crippen LogP) is 3.73. The Morgan fingerprint density at radius 1 is 0.929 bits per heavy atom. The predicted molar refractivity (Wildman–Crippen MR) is 119 cm³/mol. The molecule has 0 aliphatic carbocycles. The third-order valence-corrected chi connectivity index (χ3v) is 6.99. The average molecular weight is 392 g/mol. The first-order valence-corrected chi connectivity index (χ1v) is 10.9. The molecule has 2 aliphatic heterocycles. The standard InChI is InChI=1S/C22H25N5S/c1-25-8-10-27(11-9-25)21-6-5-18(14-23-21)22-19(7-12-28-22)16-3-4-17-15-24-26(2)20(17)13-16/h3-6,13-15H,7-12H2,1-2H3. The average Bonchev–Trinajstić information content (AvgIpc) is 3.36. The summed E-state index contributed by atoms with van der Waals surface area (Å²) in [5.74, 6) is 2.23. The molecule has 0 N–H and O–H groups in total. The molecule has 0 bridgehead atoms. The molecule has 2 aromatic heterocycles. The van der Waals surface area contributed by atoms with Crippen LogP contribution in [0.2, 0.25) is 0 Å². The number of anilines is 1. The van der Waals surface area contributed by atoms with Gasteiger partial charge in [0.25, 0.3) is 0 Å². The molecule has 28 heavy (non-hydrogen) atoms. The van der Waals surface area contributed by atoms with Crippen LogP contribution in [0.3, 0.4) is 0 Å². The van der Waals surface area contributed by atoms with Crippen molar-refractivity contribution in [2.45, 2.75) is 6.42 Å². The van der Waals surface area contributed by atoms with E-state index in [2.05, 4.69) is 58.5 Å². The van der Waals surface area contributed by atoms with Gasteiger partial charge in [0.05, 0.1) is 11.7 Å². The lowest BCUT2D eigenvalue weighted by atomic mass is 10.00. The Morgan fingerprint density at radius 2 is 1.75 bits per heavy atom. The summed E-state index contributed by atoms with van der Waals surface area (Å²) < 4.78 is 1.95. The molecule has 1 fully saturated rings. The molecule has 1 aromatic carbocycles.